The van der Waals surface area contributed by atoms with Crippen molar-refractivity contribution in [3.8, 4) is 0 Å². The zero-order chi connectivity index (χ0) is 15.7. The van der Waals surface area contributed by atoms with Crippen LogP contribution in [0.1, 0.15) is 11.1 Å². The molecule has 112 valence electrons. The van der Waals surface area contributed by atoms with Crippen molar-refractivity contribution >= 4 is 22.6 Å². The molecule has 1 heterocycles. The SMILES string of the molecule is Cc1ccc2c(CC(=O)Nc3cc(F)ccc3F)coc2c1. The average Bonchev–Trinajstić information content (AvgIpc) is 2.85. The van der Waals surface area contributed by atoms with Crippen molar-refractivity contribution in [3.05, 3.63) is 65.4 Å². The van der Waals surface area contributed by atoms with E-state index in [0.29, 0.717) is 11.1 Å². The summed E-state index contributed by atoms with van der Waals surface area (Å²) in [6, 6.07) is 8.59. The zero-order valence-corrected chi connectivity index (χ0v) is 11.8. The van der Waals surface area contributed by atoms with Crippen molar-refractivity contribution in [2.75, 3.05) is 5.32 Å². The Bertz CT molecular complexity index is 855. The molecule has 0 aliphatic carbocycles. The van der Waals surface area contributed by atoms with Gasteiger partial charge in [-0.2, -0.15) is 0 Å². The lowest BCUT2D eigenvalue weighted by molar-refractivity contribution is -0.115. The van der Waals surface area contributed by atoms with Gasteiger partial charge in [0.1, 0.15) is 17.2 Å². The lowest BCUT2D eigenvalue weighted by atomic mass is 10.1. The van der Waals surface area contributed by atoms with E-state index >= 15 is 0 Å². The van der Waals surface area contributed by atoms with Crippen molar-refractivity contribution < 1.29 is 18.0 Å². The van der Waals surface area contributed by atoms with Crippen LogP contribution >= 0.6 is 0 Å². The third-order valence-corrected chi connectivity index (χ3v) is 3.36. The molecule has 0 radical (unpaired) electrons. The third-order valence-electron chi connectivity index (χ3n) is 3.36. The maximum atomic E-state index is 13.5. The quantitative estimate of drug-likeness (QED) is 0.787. The number of amides is 1. The van der Waals surface area contributed by atoms with Gasteiger partial charge in [-0.3, -0.25) is 4.79 Å². The maximum Gasteiger partial charge on any atom is 0.229 e. The topological polar surface area (TPSA) is 42.2 Å². The summed E-state index contributed by atoms with van der Waals surface area (Å²) in [6.45, 7) is 1.95. The first kappa shape index (κ1) is 14.3. The van der Waals surface area contributed by atoms with Crippen molar-refractivity contribution in [1.29, 1.82) is 0 Å². The van der Waals surface area contributed by atoms with Crippen LogP contribution in [0.2, 0.25) is 0 Å². The van der Waals surface area contributed by atoms with Gasteiger partial charge in [-0.15, -0.1) is 0 Å². The molecule has 0 aliphatic rings. The number of fused-ring (bicyclic) bond motifs is 1. The van der Waals surface area contributed by atoms with E-state index in [1.54, 1.807) is 0 Å². The molecule has 0 saturated heterocycles. The van der Waals surface area contributed by atoms with Crippen LogP contribution in [0, 0.1) is 18.6 Å². The molecule has 3 rings (SSSR count). The van der Waals surface area contributed by atoms with Crippen molar-refractivity contribution in [2.24, 2.45) is 0 Å². The van der Waals surface area contributed by atoms with Crippen molar-refractivity contribution in [3.63, 3.8) is 0 Å². The van der Waals surface area contributed by atoms with Gasteiger partial charge in [0, 0.05) is 17.0 Å². The van der Waals surface area contributed by atoms with Gasteiger partial charge in [0.05, 0.1) is 18.4 Å². The molecule has 0 atom stereocenters. The Morgan fingerprint density at radius 3 is 2.82 bits per heavy atom. The highest BCUT2D eigenvalue weighted by Gasteiger charge is 2.13. The first-order valence-corrected chi connectivity index (χ1v) is 6.74. The fourth-order valence-electron chi connectivity index (χ4n) is 2.29. The van der Waals surface area contributed by atoms with Gasteiger partial charge in [0.15, 0.2) is 0 Å². The standard InChI is InChI=1S/C17H13F2NO2/c1-10-2-4-13-11(9-22-16(13)6-10)7-17(21)20-15-8-12(18)3-5-14(15)19/h2-6,8-9H,7H2,1H3,(H,20,21). The van der Waals surface area contributed by atoms with Gasteiger partial charge < -0.3 is 9.73 Å². The van der Waals surface area contributed by atoms with E-state index in [1.165, 1.54) is 6.26 Å². The summed E-state index contributed by atoms with van der Waals surface area (Å²) in [7, 11) is 0. The minimum Gasteiger partial charge on any atom is -0.464 e. The number of hydrogen-bond acceptors (Lipinski definition) is 2. The van der Waals surface area contributed by atoms with Crippen LogP contribution in [0.25, 0.3) is 11.0 Å². The highest BCUT2D eigenvalue weighted by Crippen LogP contribution is 2.23. The number of anilines is 1. The molecular weight excluding hydrogens is 288 g/mol. The number of rotatable bonds is 3. The van der Waals surface area contributed by atoms with Gasteiger partial charge in [-0.05, 0) is 30.7 Å². The molecule has 2 aromatic carbocycles. The Balaban J connectivity index is 1.80. The molecule has 0 bridgehead atoms. The molecule has 1 N–H and O–H groups in total. The van der Waals surface area contributed by atoms with Crippen LogP contribution in [0.5, 0.6) is 0 Å². The summed E-state index contributed by atoms with van der Waals surface area (Å²) in [5, 5.41) is 3.20. The molecule has 0 saturated carbocycles. The van der Waals surface area contributed by atoms with E-state index in [-0.39, 0.29) is 12.1 Å². The summed E-state index contributed by atoms with van der Waals surface area (Å²) in [5.41, 5.74) is 2.28. The Morgan fingerprint density at radius 2 is 2.00 bits per heavy atom. The second kappa shape index (κ2) is 5.60. The molecule has 1 amide bonds. The van der Waals surface area contributed by atoms with Gasteiger partial charge in [-0.25, -0.2) is 8.78 Å². The summed E-state index contributed by atoms with van der Waals surface area (Å²) in [4.78, 5) is 12.0. The van der Waals surface area contributed by atoms with Crippen LogP contribution in [0.15, 0.2) is 47.1 Å². The third kappa shape index (κ3) is 2.83. The average molecular weight is 301 g/mol. The van der Waals surface area contributed by atoms with Crippen LogP contribution in [0.3, 0.4) is 0 Å². The second-order valence-corrected chi connectivity index (χ2v) is 5.11. The molecule has 0 aliphatic heterocycles. The summed E-state index contributed by atoms with van der Waals surface area (Å²) < 4.78 is 32.0. The largest absolute Gasteiger partial charge is 0.464 e. The van der Waals surface area contributed by atoms with Gasteiger partial charge in [0.2, 0.25) is 5.91 Å². The van der Waals surface area contributed by atoms with Gasteiger partial charge in [-0.1, -0.05) is 12.1 Å². The zero-order valence-electron chi connectivity index (χ0n) is 11.8. The lowest BCUT2D eigenvalue weighted by Gasteiger charge is -2.06. The summed E-state index contributed by atoms with van der Waals surface area (Å²) in [5.74, 6) is -1.73. The number of hydrogen-bond donors (Lipinski definition) is 1. The minimum absolute atomic E-state index is 0.0199. The number of halogens is 2. The molecule has 0 spiro atoms. The monoisotopic (exact) mass is 301 g/mol. The van der Waals surface area contributed by atoms with Gasteiger partial charge >= 0.3 is 0 Å². The number of furan rings is 1. The second-order valence-electron chi connectivity index (χ2n) is 5.11. The van der Waals surface area contributed by atoms with Crippen LogP contribution in [-0.4, -0.2) is 5.91 Å². The Hall–Kier alpha value is -2.69. The molecule has 22 heavy (non-hydrogen) atoms. The Kier molecular flexibility index (Phi) is 3.63. The number of carbonyl (C=O) groups excluding carboxylic acids is 1. The first-order valence-electron chi connectivity index (χ1n) is 6.74. The Labute approximate surface area is 125 Å². The normalized spacial score (nSPS) is 10.9. The lowest BCUT2D eigenvalue weighted by Crippen LogP contribution is -2.15. The molecule has 5 heteroatoms. The summed E-state index contributed by atoms with van der Waals surface area (Å²) >= 11 is 0. The minimum atomic E-state index is -0.678. The predicted molar refractivity (Wildman–Crippen MR) is 79.6 cm³/mol. The molecule has 0 unspecified atom stereocenters. The van der Waals surface area contributed by atoms with Crippen LogP contribution < -0.4 is 5.32 Å². The van der Waals surface area contributed by atoms with Gasteiger partial charge in [0.25, 0.3) is 0 Å². The van der Waals surface area contributed by atoms with E-state index in [4.69, 9.17) is 4.42 Å². The van der Waals surface area contributed by atoms with Crippen molar-refractivity contribution in [1.82, 2.24) is 0 Å². The van der Waals surface area contributed by atoms with E-state index in [0.717, 1.165) is 29.1 Å². The number of benzene rings is 2. The highest BCUT2D eigenvalue weighted by molar-refractivity contribution is 5.95. The fraction of sp³-hybridized carbons (Fsp3) is 0.118. The molecule has 0 fully saturated rings. The fourth-order valence-corrected chi connectivity index (χ4v) is 2.29. The van der Waals surface area contributed by atoms with E-state index < -0.39 is 17.5 Å². The number of aryl methyl sites for hydroxylation is 1. The van der Waals surface area contributed by atoms with E-state index in [2.05, 4.69) is 5.32 Å². The maximum absolute atomic E-state index is 13.5. The highest BCUT2D eigenvalue weighted by atomic mass is 19.1. The smallest absolute Gasteiger partial charge is 0.229 e. The molecular formula is C17H13F2NO2. The summed E-state index contributed by atoms with van der Waals surface area (Å²) in [6.07, 6.45) is 1.53. The molecule has 3 aromatic rings. The molecule has 3 nitrogen and oxygen atoms in total. The predicted octanol–water partition coefficient (Wildman–Crippen LogP) is 4.20. The number of nitrogens with one attached hydrogen (secondary N) is 1. The first-order chi connectivity index (χ1) is 10.5. The Morgan fingerprint density at radius 1 is 1.18 bits per heavy atom. The molecule has 1 aromatic heterocycles. The van der Waals surface area contributed by atoms with E-state index in [9.17, 15) is 13.6 Å². The van der Waals surface area contributed by atoms with Crippen LogP contribution in [-0.2, 0) is 11.2 Å². The van der Waals surface area contributed by atoms with E-state index in [1.807, 2.05) is 25.1 Å². The number of carbonyl (C=O) groups is 1. The van der Waals surface area contributed by atoms with Crippen LogP contribution in [0.4, 0.5) is 14.5 Å². The van der Waals surface area contributed by atoms with Crippen molar-refractivity contribution in [2.45, 2.75) is 13.3 Å².